The Kier molecular flexibility index (Phi) is 2.45. The molecule has 1 aliphatic rings. The number of nitrogens with one attached hydrogen (secondary N) is 1. The van der Waals surface area contributed by atoms with E-state index in [1.165, 1.54) is 6.26 Å². The predicted octanol–water partition coefficient (Wildman–Crippen LogP) is 1.82. The summed E-state index contributed by atoms with van der Waals surface area (Å²) in [6.07, 6.45) is 1.54. The summed E-state index contributed by atoms with van der Waals surface area (Å²) in [5.74, 6) is -0.550. The summed E-state index contributed by atoms with van der Waals surface area (Å²) >= 11 is 0. The molecule has 1 aliphatic heterocycles. The van der Waals surface area contributed by atoms with Gasteiger partial charge in [-0.2, -0.15) is 0 Å². The number of carbonyl (C=O) groups excluding carboxylic acids is 1. The van der Waals surface area contributed by atoms with E-state index < -0.39 is 5.97 Å². The van der Waals surface area contributed by atoms with E-state index in [1.54, 1.807) is 24.0 Å². The highest BCUT2D eigenvalue weighted by molar-refractivity contribution is 6.05. The van der Waals surface area contributed by atoms with Crippen molar-refractivity contribution < 1.29 is 19.1 Å². The van der Waals surface area contributed by atoms with E-state index in [9.17, 15) is 9.59 Å². The molecule has 6 heteroatoms. The largest absolute Gasteiger partial charge is 0.477 e. The molecule has 98 valence electrons. The van der Waals surface area contributed by atoms with Gasteiger partial charge < -0.3 is 19.4 Å². The summed E-state index contributed by atoms with van der Waals surface area (Å²) in [5.41, 5.74) is 1.72. The summed E-state index contributed by atoms with van der Waals surface area (Å²) in [7, 11) is 0. The predicted molar refractivity (Wildman–Crippen MR) is 66.6 cm³/mol. The molecule has 0 saturated carbocycles. The van der Waals surface area contributed by atoms with Gasteiger partial charge in [-0.05, 0) is 18.6 Å². The monoisotopic (exact) mass is 260 g/mol. The number of carboxylic acid groups (broad SMARTS) is 1. The quantitative estimate of drug-likeness (QED) is 0.860. The summed E-state index contributed by atoms with van der Waals surface area (Å²) in [6.45, 7) is 2.28. The molecule has 0 amide bonds. The molecule has 19 heavy (non-hydrogen) atoms. The van der Waals surface area contributed by atoms with Crippen molar-refractivity contribution in [2.75, 3.05) is 11.4 Å². The molecule has 0 atom stereocenters. The molecule has 3 heterocycles. The van der Waals surface area contributed by atoms with Gasteiger partial charge in [-0.15, -0.1) is 0 Å². The van der Waals surface area contributed by atoms with Crippen LogP contribution in [-0.2, 0) is 6.54 Å². The molecule has 2 aromatic rings. The van der Waals surface area contributed by atoms with E-state index in [1.807, 2.05) is 0 Å². The van der Waals surface area contributed by atoms with Crippen molar-refractivity contribution in [3.8, 4) is 0 Å². The average Bonchev–Trinajstić information content (AvgIpc) is 2.96. The zero-order valence-corrected chi connectivity index (χ0v) is 10.3. The van der Waals surface area contributed by atoms with Gasteiger partial charge in [-0.3, -0.25) is 4.79 Å². The maximum Gasteiger partial charge on any atom is 0.352 e. The number of carboxylic acids is 1. The van der Waals surface area contributed by atoms with Crippen LogP contribution in [0, 0.1) is 6.92 Å². The summed E-state index contributed by atoms with van der Waals surface area (Å²) in [5, 5.41) is 9.08. The number of anilines is 1. The number of ketones is 1. The lowest BCUT2D eigenvalue weighted by Gasteiger charge is -2.25. The van der Waals surface area contributed by atoms with Crippen molar-refractivity contribution in [2.45, 2.75) is 13.5 Å². The zero-order valence-electron chi connectivity index (χ0n) is 10.3. The first-order valence-electron chi connectivity index (χ1n) is 5.84. The van der Waals surface area contributed by atoms with Crippen LogP contribution in [0.2, 0.25) is 0 Å². The molecular formula is C13H12N2O4. The van der Waals surface area contributed by atoms with Crippen LogP contribution in [0.3, 0.4) is 0 Å². The molecule has 0 aromatic carbocycles. The number of carbonyl (C=O) groups is 2. The van der Waals surface area contributed by atoms with E-state index in [2.05, 4.69) is 4.98 Å². The third-order valence-corrected chi connectivity index (χ3v) is 3.32. The lowest BCUT2D eigenvalue weighted by atomic mass is 10.0. The van der Waals surface area contributed by atoms with Gasteiger partial charge in [0.1, 0.15) is 5.69 Å². The van der Waals surface area contributed by atoms with Gasteiger partial charge in [0.15, 0.2) is 11.7 Å². The summed E-state index contributed by atoms with van der Waals surface area (Å²) in [4.78, 5) is 27.8. The number of hydrogen-bond donors (Lipinski definition) is 2. The van der Waals surface area contributed by atoms with Gasteiger partial charge in [0.2, 0.25) is 0 Å². The number of rotatable bonds is 2. The van der Waals surface area contributed by atoms with Crippen molar-refractivity contribution >= 4 is 17.6 Å². The molecule has 0 aliphatic carbocycles. The van der Waals surface area contributed by atoms with Crippen molar-refractivity contribution in [3.63, 3.8) is 0 Å². The van der Waals surface area contributed by atoms with Crippen LogP contribution in [0.15, 0.2) is 22.8 Å². The number of hydrogen-bond acceptors (Lipinski definition) is 4. The fourth-order valence-corrected chi connectivity index (χ4v) is 2.47. The Bertz CT molecular complexity index is 654. The highest BCUT2D eigenvalue weighted by atomic mass is 16.4. The minimum Gasteiger partial charge on any atom is -0.477 e. The molecule has 0 saturated heterocycles. The Morgan fingerprint density at radius 2 is 2.26 bits per heavy atom. The van der Waals surface area contributed by atoms with Crippen molar-refractivity contribution in [1.82, 2.24) is 4.98 Å². The Balaban J connectivity index is 2.03. The van der Waals surface area contributed by atoms with E-state index >= 15 is 0 Å². The number of aromatic carboxylic acids is 1. The number of nitrogens with zero attached hydrogens (tertiary/aromatic N) is 1. The van der Waals surface area contributed by atoms with Crippen LogP contribution < -0.4 is 4.90 Å². The number of fused-ring (bicyclic) bond motifs is 1. The van der Waals surface area contributed by atoms with Gasteiger partial charge in [-0.1, -0.05) is 0 Å². The maximum atomic E-state index is 12.2. The van der Waals surface area contributed by atoms with Crippen molar-refractivity contribution in [2.24, 2.45) is 0 Å². The van der Waals surface area contributed by atoms with E-state index in [0.29, 0.717) is 29.2 Å². The number of H-pyrrole nitrogens is 1. The molecule has 0 spiro atoms. The lowest BCUT2D eigenvalue weighted by Crippen LogP contribution is -2.34. The van der Waals surface area contributed by atoms with Crippen LogP contribution in [0.5, 0.6) is 0 Å². The second-order valence-electron chi connectivity index (χ2n) is 4.51. The Morgan fingerprint density at radius 1 is 1.47 bits per heavy atom. The SMILES string of the molecule is Cc1c(C(=O)O)[nH]c2c1C(=O)CN(c1ccco1)C2. The molecule has 2 aromatic heterocycles. The lowest BCUT2D eigenvalue weighted by molar-refractivity contribution is 0.0690. The van der Waals surface area contributed by atoms with Crippen molar-refractivity contribution in [3.05, 3.63) is 40.9 Å². The number of aromatic amines is 1. The van der Waals surface area contributed by atoms with Gasteiger partial charge in [0, 0.05) is 17.3 Å². The maximum absolute atomic E-state index is 12.2. The molecule has 0 radical (unpaired) electrons. The molecule has 0 unspecified atom stereocenters. The van der Waals surface area contributed by atoms with Crippen LogP contribution in [0.25, 0.3) is 0 Å². The zero-order chi connectivity index (χ0) is 13.6. The van der Waals surface area contributed by atoms with E-state index in [-0.39, 0.29) is 18.0 Å². The van der Waals surface area contributed by atoms with Crippen LogP contribution in [0.4, 0.5) is 5.88 Å². The highest BCUT2D eigenvalue weighted by Gasteiger charge is 2.30. The second kappa shape index (κ2) is 4.01. The van der Waals surface area contributed by atoms with E-state index in [0.717, 1.165) is 0 Å². The Labute approximate surface area is 108 Å². The summed E-state index contributed by atoms with van der Waals surface area (Å²) < 4.78 is 5.26. The first kappa shape index (κ1) is 11.6. The van der Waals surface area contributed by atoms with E-state index in [4.69, 9.17) is 9.52 Å². The smallest absolute Gasteiger partial charge is 0.352 e. The average molecular weight is 260 g/mol. The fraction of sp³-hybridized carbons (Fsp3) is 0.231. The first-order chi connectivity index (χ1) is 9.08. The van der Waals surface area contributed by atoms with Crippen LogP contribution >= 0.6 is 0 Å². The third kappa shape index (κ3) is 1.72. The van der Waals surface area contributed by atoms with Gasteiger partial charge in [0.05, 0.1) is 19.4 Å². The molecule has 2 N–H and O–H groups in total. The van der Waals surface area contributed by atoms with Crippen LogP contribution in [0.1, 0.15) is 32.1 Å². The number of furan rings is 1. The highest BCUT2D eigenvalue weighted by Crippen LogP contribution is 2.28. The van der Waals surface area contributed by atoms with Gasteiger partial charge in [0.25, 0.3) is 0 Å². The second-order valence-corrected chi connectivity index (χ2v) is 4.51. The fourth-order valence-electron chi connectivity index (χ4n) is 2.47. The van der Waals surface area contributed by atoms with Gasteiger partial charge >= 0.3 is 5.97 Å². The molecule has 3 rings (SSSR count). The standard InChI is InChI=1S/C13H12N2O4/c1-7-11-8(14-12(7)13(17)18)5-15(6-9(11)16)10-3-2-4-19-10/h2-4,14H,5-6H2,1H3,(H,17,18). The molecule has 0 fully saturated rings. The van der Waals surface area contributed by atoms with Crippen LogP contribution in [-0.4, -0.2) is 28.4 Å². The first-order valence-corrected chi connectivity index (χ1v) is 5.84. The molecule has 0 bridgehead atoms. The Hall–Kier alpha value is -2.50. The minimum absolute atomic E-state index is 0.0830. The topological polar surface area (TPSA) is 86.5 Å². The Morgan fingerprint density at radius 3 is 2.89 bits per heavy atom. The number of Topliss-reactive ketones (excluding diaryl/α,β-unsaturated/α-hetero) is 1. The minimum atomic E-state index is -1.05. The number of aromatic nitrogens is 1. The summed E-state index contributed by atoms with van der Waals surface area (Å²) in [6, 6.07) is 3.52. The van der Waals surface area contributed by atoms with Crippen molar-refractivity contribution in [1.29, 1.82) is 0 Å². The molecular weight excluding hydrogens is 248 g/mol. The third-order valence-electron chi connectivity index (χ3n) is 3.32. The molecule has 6 nitrogen and oxygen atoms in total. The van der Waals surface area contributed by atoms with Gasteiger partial charge in [-0.25, -0.2) is 4.79 Å². The normalized spacial score (nSPS) is 14.6.